The third-order valence-corrected chi connectivity index (χ3v) is 3.01. The lowest BCUT2D eigenvalue weighted by Crippen LogP contribution is -2.14. The van der Waals surface area contributed by atoms with Crippen LogP contribution >= 0.6 is 0 Å². The minimum Gasteiger partial charge on any atom is -0.496 e. The number of hydrogen-bond donors (Lipinski definition) is 1. The fourth-order valence-electron chi connectivity index (χ4n) is 2.12. The molecular weight excluding hydrogens is 244 g/mol. The van der Waals surface area contributed by atoms with Gasteiger partial charge in [-0.1, -0.05) is 12.1 Å². The Bertz CT molecular complexity index is 804. The summed E-state index contributed by atoms with van der Waals surface area (Å²) in [5.74, 6) is 1.30. The number of H-pyrrole nitrogens is 1. The molecule has 3 rings (SSSR count). The lowest BCUT2D eigenvalue weighted by atomic mass is 10.1. The molecule has 0 radical (unpaired) electrons. The predicted molar refractivity (Wildman–Crippen MR) is 70.3 cm³/mol. The number of imidazole rings is 1. The number of fused-ring (bicyclic) bond motifs is 1. The molecule has 0 aliphatic rings. The van der Waals surface area contributed by atoms with Crippen molar-refractivity contribution in [2.45, 2.75) is 6.92 Å². The molecule has 2 aromatic heterocycles. The zero-order chi connectivity index (χ0) is 13.4. The van der Waals surface area contributed by atoms with Crippen LogP contribution in [0.5, 0.6) is 5.75 Å². The molecule has 19 heavy (non-hydrogen) atoms. The van der Waals surface area contributed by atoms with Crippen molar-refractivity contribution in [3.63, 3.8) is 0 Å². The number of nitrogens with zero attached hydrogens (tertiary/aromatic N) is 3. The smallest absolute Gasteiger partial charge is 0.307 e. The van der Waals surface area contributed by atoms with Crippen molar-refractivity contribution in [3.05, 3.63) is 46.5 Å². The highest BCUT2D eigenvalue weighted by atomic mass is 16.5. The summed E-state index contributed by atoms with van der Waals surface area (Å²) >= 11 is 0. The number of ether oxygens (including phenoxy) is 1. The normalized spacial score (nSPS) is 10.8. The first-order valence-corrected chi connectivity index (χ1v) is 5.78. The molecule has 0 spiro atoms. The molecule has 0 atom stereocenters. The van der Waals surface area contributed by atoms with E-state index < -0.39 is 0 Å². The first-order chi connectivity index (χ1) is 9.22. The molecule has 3 aromatic rings. The predicted octanol–water partition coefficient (Wildman–Crippen LogP) is 1.40. The van der Waals surface area contributed by atoms with Gasteiger partial charge in [-0.2, -0.15) is 5.10 Å². The van der Waals surface area contributed by atoms with Gasteiger partial charge in [-0.05, 0) is 18.6 Å². The van der Waals surface area contributed by atoms with Crippen molar-refractivity contribution in [2.75, 3.05) is 7.11 Å². The summed E-state index contributed by atoms with van der Waals surface area (Å²) in [6.45, 7) is 1.97. The maximum absolute atomic E-state index is 11.6. The molecule has 6 nitrogen and oxygen atoms in total. The van der Waals surface area contributed by atoms with Gasteiger partial charge in [0.25, 0.3) is 0 Å². The lowest BCUT2D eigenvalue weighted by molar-refractivity contribution is 0.415. The number of rotatable bonds is 2. The van der Waals surface area contributed by atoms with E-state index >= 15 is 0 Å². The van der Waals surface area contributed by atoms with Gasteiger partial charge in [0, 0.05) is 12.4 Å². The molecule has 0 amide bonds. The van der Waals surface area contributed by atoms with Crippen molar-refractivity contribution in [1.82, 2.24) is 19.6 Å². The Balaban J connectivity index is 2.40. The summed E-state index contributed by atoms with van der Waals surface area (Å²) in [5.41, 5.74) is 1.84. The van der Waals surface area contributed by atoms with Gasteiger partial charge < -0.3 is 4.74 Å². The Morgan fingerprint density at radius 3 is 3.00 bits per heavy atom. The van der Waals surface area contributed by atoms with Gasteiger partial charge in [-0.3, -0.25) is 9.20 Å². The second-order valence-electron chi connectivity index (χ2n) is 4.15. The van der Waals surface area contributed by atoms with Crippen LogP contribution in [0.2, 0.25) is 0 Å². The molecule has 0 saturated carbocycles. The maximum atomic E-state index is 11.6. The van der Waals surface area contributed by atoms with Crippen molar-refractivity contribution in [3.8, 4) is 17.1 Å². The van der Waals surface area contributed by atoms with Gasteiger partial charge in [0.1, 0.15) is 5.75 Å². The molecule has 0 aliphatic heterocycles. The first-order valence-electron chi connectivity index (χ1n) is 5.78. The van der Waals surface area contributed by atoms with E-state index in [1.165, 1.54) is 0 Å². The van der Waals surface area contributed by atoms with Gasteiger partial charge in [0.05, 0.1) is 12.7 Å². The van der Waals surface area contributed by atoms with Crippen LogP contribution in [0.25, 0.3) is 17.0 Å². The van der Waals surface area contributed by atoms with Crippen LogP contribution in [0.3, 0.4) is 0 Å². The highest BCUT2D eigenvalue weighted by Gasteiger charge is 2.15. The second-order valence-corrected chi connectivity index (χ2v) is 4.15. The zero-order valence-corrected chi connectivity index (χ0v) is 10.5. The molecule has 0 saturated heterocycles. The number of methoxy groups -OCH3 is 1. The Kier molecular flexibility index (Phi) is 2.56. The van der Waals surface area contributed by atoms with E-state index in [2.05, 4.69) is 15.2 Å². The number of aromatic amines is 1. The third kappa shape index (κ3) is 1.69. The Morgan fingerprint density at radius 1 is 1.37 bits per heavy atom. The number of hydrogen-bond acceptors (Lipinski definition) is 4. The zero-order valence-electron chi connectivity index (χ0n) is 10.5. The van der Waals surface area contributed by atoms with Crippen LogP contribution in [0.4, 0.5) is 0 Å². The number of benzene rings is 1. The van der Waals surface area contributed by atoms with E-state index in [1.54, 1.807) is 23.9 Å². The highest BCUT2D eigenvalue weighted by Crippen LogP contribution is 2.31. The van der Waals surface area contributed by atoms with Gasteiger partial charge in [0.2, 0.25) is 5.65 Å². The van der Waals surface area contributed by atoms with Crippen LogP contribution in [0, 0.1) is 6.92 Å². The van der Waals surface area contributed by atoms with E-state index in [0.717, 1.165) is 11.1 Å². The van der Waals surface area contributed by atoms with Crippen molar-refractivity contribution in [1.29, 1.82) is 0 Å². The summed E-state index contributed by atoms with van der Waals surface area (Å²) in [6, 6.07) is 5.74. The molecule has 1 aromatic carbocycles. The Morgan fingerprint density at radius 2 is 2.21 bits per heavy atom. The van der Waals surface area contributed by atoms with Crippen LogP contribution in [0.15, 0.2) is 35.4 Å². The minimum absolute atomic E-state index is 0.315. The van der Waals surface area contributed by atoms with E-state index in [9.17, 15) is 4.79 Å². The lowest BCUT2D eigenvalue weighted by Gasteiger charge is -2.11. The van der Waals surface area contributed by atoms with E-state index in [0.29, 0.717) is 17.2 Å². The summed E-state index contributed by atoms with van der Waals surface area (Å²) in [7, 11) is 1.61. The van der Waals surface area contributed by atoms with E-state index in [4.69, 9.17) is 4.74 Å². The van der Waals surface area contributed by atoms with Crippen molar-refractivity contribution in [2.24, 2.45) is 0 Å². The first kappa shape index (κ1) is 11.5. The molecule has 0 unspecified atom stereocenters. The third-order valence-electron chi connectivity index (χ3n) is 3.01. The fraction of sp³-hybridized carbons (Fsp3) is 0.154. The molecule has 0 fully saturated rings. The summed E-state index contributed by atoms with van der Waals surface area (Å²) < 4.78 is 7.03. The number of aromatic nitrogens is 4. The quantitative estimate of drug-likeness (QED) is 0.752. The maximum Gasteiger partial charge on any atom is 0.307 e. The molecular formula is C13H12N4O2. The topological polar surface area (TPSA) is 72.3 Å². The molecule has 0 bridgehead atoms. The van der Waals surface area contributed by atoms with E-state index in [1.807, 2.05) is 25.1 Å². The summed E-state index contributed by atoms with van der Waals surface area (Å²) in [4.78, 5) is 15.7. The average Bonchev–Trinajstić information content (AvgIpc) is 2.90. The summed E-state index contributed by atoms with van der Waals surface area (Å²) in [5, 5.41) is 6.59. The SMILES string of the molecule is COc1cccc(C)c1-c1n[nH]c(=O)c2nccn12. The van der Waals surface area contributed by atoms with Crippen LogP contribution < -0.4 is 10.3 Å². The van der Waals surface area contributed by atoms with Gasteiger partial charge in [-0.15, -0.1) is 0 Å². The van der Waals surface area contributed by atoms with Crippen molar-refractivity contribution >= 4 is 5.65 Å². The van der Waals surface area contributed by atoms with Gasteiger partial charge in [0.15, 0.2) is 5.82 Å². The number of aryl methyl sites for hydroxylation is 1. The minimum atomic E-state index is -0.318. The monoisotopic (exact) mass is 256 g/mol. The molecule has 1 N–H and O–H groups in total. The van der Waals surface area contributed by atoms with Crippen LogP contribution in [-0.2, 0) is 0 Å². The average molecular weight is 256 g/mol. The molecule has 0 aliphatic carbocycles. The number of nitrogens with one attached hydrogen (secondary N) is 1. The van der Waals surface area contributed by atoms with E-state index in [-0.39, 0.29) is 5.56 Å². The largest absolute Gasteiger partial charge is 0.496 e. The standard InChI is InChI=1S/C13H12N4O2/c1-8-4-3-5-9(19-2)10(8)11-15-16-13(18)12-14-6-7-17(11)12/h3-7H,1-2H3,(H,16,18). The molecule has 6 heteroatoms. The Labute approximate surface area is 108 Å². The molecule has 2 heterocycles. The second kappa shape index (κ2) is 4.24. The summed E-state index contributed by atoms with van der Waals surface area (Å²) in [6.07, 6.45) is 3.28. The molecule has 96 valence electrons. The van der Waals surface area contributed by atoms with Crippen molar-refractivity contribution < 1.29 is 4.74 Å². The van der Waals surface area contributed by atoms with Gasteiger partial charge >= 0.3 is 5.56 Å². The highest BCUT2D eigenvalue weighted by molar-refractivity contribution is 5.69. The fourth-order valence-corrected chi connectivity index (χ4v) is 2.12. The van der Waals surface area contributed by atoms with Gasteiger partial charge in [-0.25, -0.2) is 10.1 Å². The van der Waals surface area contributed by atoms with Crippen LogP contribution in [0.1, 0.15) is 5.56 Å². The van der Waals surface area contributed by atoms with Crippen LogP contribution in [-0.4, -0.2) is 26.7 Å². The Hall–Kier alpha value is -2.63.